The number of ether oxygens (including phenoxy) is 1. The standard InChI is InChI=1S/C14H14F2N2O3/c1-7(8-5-17-6-8)13(19)18-12-3-9(14(20)21-2)10(15)4-11(12)16/h3-4,17H,5-6H2,1-2H3,(H,18,19). The number of benzene rings is 1. The van der Waals surface area contributed by atoms with Crippen LogP contribution in [0, 0.1) is 11.6 Å². The van der Waals surface area contributed by atoms with Crippen LogP contribution >= 0.6 is 0 Å². The number of nitrogens with one attached hydrogen (secondary N) is 2. The lowest BCUT2D eigenvalue weighted by atomic mass is 10.0. The summed E-state index contributed by atoms with van der Waals surface area (Å²) in [5.41, 5.74) is 0.680. The Bertz CT molecular complexity index is 635. The second-order valence-corrected chi connectivity index (χ2v) is 4.59. The lowest BCUT2D eigenvalue weighted by Crippen LogP contribution is -2.36. The smallest absolute Gasteiger partial charge is 0.340 e. The summed E-state index contributed by atoms with van der Waals surface area (Å²) in [6, 6.07) is 1.46. The SMILES string of the molecule is COC(=O)c1cc(NC(=O)C(C)=C2CNC2)c(F)cc1F. The highest BCUT2D eigenvalue weighted by Crippen LogP contribution is 2.21. The van der Waals surface area contributed by atoms with Crippen molar-refractivity contribution < 1.29 is 23.1 Å². The normalized spacial score (nSPS) is 13.4. The monoisotopic (exact) mass is 296 g/mol. The molecule has 1 amide bonds. The lowest BCUT2D eigenvalue weighted by molar-refractivity contribution is -0.112. The minimum Gasteiger partial charge on any atom is -0.465 e. The lowest BCUT2D eigenvalue weighted by Gasteiger charge is -2.21. The summed E-state index contributed by atoms with van der Waals surface area (Å²) in [7, 11) is 1.08. The van der Waals surface area contributed by atoms with E-state index in [2.05, 4.69) is 15.4 Å². The van der Waals surface area contributed by atoms with Gasteiger partial charge in [-0.15, -0.1) is 0 Å². The molecule has 0 radical (unpaired) electrons. The highest BCUT2D eigenvalue weighted by Gasteiger charge is 2.20. The maximum atomic E-state index is 13.7. The maximum absolute atomic E-state index is 13.7. The van der Waals surface area contributed by atoms with Crippen molar-refractivity contribution in [3.8, 4) is 0 Å². The van der Waals surface area contributed by atoms with E-state index in [4.69, 9.17) is 0 Å². The van der Waals surface area contributed by atoms with Gasteiger partial charge in [-0.1, -0.05) is 0 Å². The molecule has 5 nitrogen and oxygen atoms in total. The largest absolute Gasteiger partial charge is 0.465 e. The van der Waals surface area contributed by atoms with E-state index < -0.39 is 29.1 Å². The van der Waals surface area contributed by atoms with E-state index in [9.17, 15) is 18.4 Å². The van der Waals surface area contributed by atoms with Gasteiger partial charge in [0.05, 0.1) is 18.4 Å². The average Bonchev–Trinajstić information content (AvgIpc) is 2.38. The summed E-state index contributed by atoms with van der Waals surface area (Å²) in [5.74, 6) is -3.44. The van der Waals surface area contributed by atoms with Crippen LogP contribution in [0.3, 0.4) is 0 Å². The van der Waals surface area contributed by atoms with E-state index in [1.807, 2.05) is 0 Å². The van der Waals surface area contributed by atoms with Gasteiger partial charge in [0, 0.05) is 24.7 Å². The van der Waals surface area contributed by atoms with Gasteiger partial charge in [-0.2, -0.15) is 0 Å². The number of hydrogen-bond acceptors (Lipinski definition) is 4. The number of anilines is 1. The van der Waals surface area contributed by atoms with Crippen LogP contribution in [0.2, 0.25) is 0 Å². The molecule has 2 rings (SSSR count). The summed E-state index contributed by atoms with van der Waals surface area (Å²) in [5, 5.41) is 5.32. The van der Waals surface area contributed by atoms with Gasteiger partial charge in [-0.05, 0) is 18.6 Å². The van der Waals surface area contributed by atoms with Gasteiger partial charge in [0.15, 0.2) is 0 Å². The molecule has 1 fully saturated rings. The molecule has 0 aromatic heterocycles. The van der Waals surface area contributed by atoms with Crippen molar-refractivity contribution in [2.24, 2.45) is 0 Å². The zero-order valence-electron chi connectivity index (χ0n) is 11.5. The molecular weight excluding hydrogens is 282 g/mol. The van der Waals surface area contributed by atoms with Crippen LogP contribution in [0.1, 0.15) is 17.3 Å². The van der Waals surface area contributed by atoms with Crippen molar-refractivity contribution in [2.75, 3.05) is 25.5 Å². The Kier molecular flexibility index (Phi) is 4.32. The maximum Gasteiger partial charge on any atom is 0.340 e. The minimum atomic E-state index is -1.05. The third-order valence-electron chi connectivity index (χ3n) is 3.26. The van der Waals surface area contributed by atoms with Gasteiger partial charge in [-0.3, -0.25) is 4.79 Å². The molecular formula is C14H14F2N2O3. The molecule has 21 heavy (non-hydrogen) atoms. The predicted octanol–water partition coefficient (Wildman–Crippen LogP) is 1.61. The first-order valence-electron chi connectivity index (χ1n) is 6.22. The molecule has 0 atom stereocenters. The van der Waals surface area contributed by atoms with Crippen molar-refractivity contribution in [3.63, 3.8) is 0 Å². The first-order chi connectivity index (χ1) is 9.93. The molecule has 7 heteroatoms. The zero-order valence-corrected chi connectivity index (χ0v) is 11.5. The minimum absolute atomic E-state index is 0.269. The van der Waals surface area contributed by atoms with Crippen molar-refractivity contribution >= 4 is 17.6 Å². The van der Waals surface area contributed by atoms with Gasteiger partial charge in [0.2, 0.25) is 0 Å². The Morgan fingerprint density at radius 3 is 2.43 bits per heavy atom. The molecule has 2 N–H and O–H groups in total. The first-order valence-corrected chi connectivity index (χ1v) is 6.22. The Balaban J connectivity index is 2.27. The van der Waals surface area contributed by atoms with E-state index >= 15 is 0 Å². The fourth-order valence-electron chi connectivity index (χ4n) is 1.80. The number of rotatable bonds is 3. The summed E-state index contributed by atoms with van der Waals surface area (Å²) >= 11 is 0. The van der Waals surface area contributed by atoms with Crippen LogP contribution in [0.25, 0.3) is 0 Å². The van der Waals surface area contributed by atoms with Crippen LogP contribution in [-0.2, 0) is 9.53 Å². The molecule has 1 aliphatic rings. The average molecular weight is 296 g/mol. The van der Waals surface area contributed by atoms with Crippen LogP contribution in [0.4, 0.5) is 14.5 Å². The molecule has 1 heterocycles. The fourth-order valence-corrected chi connectivity index (χ4v) is 1.80. The Hall–Kier alpha value is -2.28. The number of amides is 1. The number of esters is 1. The topological polar surface area (TPSA) is 67.4 Å². The predicted molar refractivity (Wildman–Crippen MR) is 71.9 cm³/mol. The summed E-state index contributed by atoms with van der Waals surface area (Å²) in [4.78, 5) is 23.3. The molecule has 1 aromatic rings. The van der Waals surface area contributed by atoms with Crippen LogP contribution < -0.4 is 10.6 Å². The van der Waals surface area contributed by atoms with Crippen LogP contribution in [-0.4, -0.2) is 32.1 Å². The number of halogens is 2. The van der Waals surface area contributed by atoms with E-state index in [1.54, 1.807) is 6.92 Å². The van der Waals surface area contributed by atoms with E-state index in [-0.39, 0.29) is 5.69 Å². The Labute approximate surface area is 120 Å². The van der Waals surface area contributed by atoms with Crippen molar-refractivity contribution in [1.29, 1.82) is 0 Å². The van der Waals surface area contributed by atoms with Crippen LogP contribution in [0.15, 0.2) is 23.3 Å². The molecule has 0 unspecified atom stereocenters. The summed E-state index contributed by atoms with van der Waals surface area (Å²) in [6.07, 6.45) is 0. The molecule has 0 aliphatic carbocycles. The van der Waals surface area contributed by atoms with Crippen LogP contribution in [0.5, 0.6) is 0 Å². The third kappa shape index (κ3) is 3.08. The second-order valence-electron chi connectivity index (χ2n) is 4.59. The van der Waals surface area contributed by atoms with E-state index in [0.29, 0.717) is 24.7 Å². The highest BCUT2D eigenvalue weighted by atomic mass is 19.1. The van der Waals surface area contributed by atoms with E-state index in [1.165, 1.54) is 0 Å². The number of carbonyl (C=O) groups excluding carboxylic acids is 2. The Morgan fingerprint density at radius 2 is 1.90 bits per heavy atom. The van der Waals surface area contributed by atoms with E-state index in [0.717, 1.165) is 18.7 Å². The number of methoxy groups -OCH3 is 1. The van der Waals surface area contributed by atoms with Gasteiger partial charge < -0.3 is 15.4 Å². The third-order valence-corrected chi connectivity index (χ3v) is 3.26. The number of carbonyl (C=O) groups is 2. The molecule has 1 aliphatic heterocycles. The number of hydrogen-bond donors (Lipinski definition) is 2. The molecule has 0 bridgehead atoms. The van der Waals surface area contributed by atoms with Gasteiger partial charge >= 0.3 is 5.97 Å². The molecule has 1 aromatic carbocycles. The molecule has 0 spiro atoms. The quantitative estimate of drug-likeness (QED) is 0.657. The van der Waals surface area contributed by atoms with Crippen molar-refractivity contribution in [3.05, 3.63) is 40.5 Å². The van der Waals surface area contributed by atoms with Crippen molar-refractivity contribution in [1.82, 2.24) is 5.32 Å². The highest BCUT2D eigenvalue weighted by molar-refractivity contribution is 6.04. The zero-order chi connectivity index (χ0) is 15.6. The van der Waals surface area contributed by atoms with Gasteiger partial charge in [0.25, 0.3) is 5.91 Å². The van der Waals surface area contributed by atoms with Gasteiger partial charge in [0.1, 0.15) is 11.6 Å². The van der Waals surface area contributed by atoms with Gasteiger partial charge in [-0.25, -0.2) is 13.6 Å². The first kappa shape index (κ1) is 15.1. The molecule has 1 saturated heterocycles. The molecule has 112 valence electrons. The summed E-state index contributed by atoms with van der Waals surface area (Å²) < 4.78 is 31.6. The molecule has 0 saturated carbocycles. The fraction of sp³-hybridized carbons (Fsp3) is 0.286. The van der Waals surface area contributed by atoms with Crippen molar-refractivity contribution in [2.45, 2.75) is 6.92 Å². The Morgan fingerprint density at radius 1 is 1.24 bits per heavy atom. The second kappa shape index (κ2) is 6.01. The summed E-state index contributed by atoms with van der Waals surface area (Å²) in [6.45, 7) is 2.84.